The Bertz CT molecular complexity index is 244. The molecule has 1 aromatic heterocycles. The van der Waals surface area contributed by atoms with E-state index in [1.54, 1.807) is 0 Å². The molecule has 0 atom stereocenters. The Morgan fingerprint density at radius 3 is 2.45 bits per heavy atom. The van der Waals surface area contributed by atoms with Crippen molar-refractivity contribution in [1.29, 1.82) is 0 Å². The second-order valence-electron chi connectivity index (χ2n) is 1.75. The number of aromatic nitrogens is 1. The van der Waals surface area contributed by atoms with Crippen molar-refractivity contribution in [2.24, 2.45) is 0 Å². The maximum Gasteiger partial charge on any atom is 0.427 e. The van der Waals surface area contributed by atoms with Gasteiger partial charge in [0, 0.05) is 0 Å². The van der Waals surface area contributed by atoms with Crippen LogP contribution < -0.4 is 0 Å². The van der Waals surface area contributed by atoms with Gasteiger partial charge in [0.2, 0.25) is 0 Å². The van der Waals surface area contributed by atoms with E-state index in [0.717, 1.165) is 6.20 Å². The quantitative estimate of drug-likeness (QED) is 0.694. The maximum atomic E-state index is 11.9. The normalized spacial score (nSPS) is 12.0. The maximum absolute atomic E-state index is 11.9. The average molecular weight is 246 g/mol. The van der Waals surface area contributed by atoms with Crippen molar-refractivity contribution in [3.63, 3.8) is 0 Å². The Balaban J connectivity index is 2.89. The lowest BCUT2D eigenvalue weighted by atomic mass is 10.5. The van der Waals surface area contributed by atoms with Gasteiger partial charge in [-0.25, -0.2) is 4.98 Å². The molecule has 1 rings (SSSR count). The summed E-state index contributed by atoms with van der Waals surface area (Å²) in [7, 11) is 0. The molecule has 0 N–H and O–H groups in total. The van der Waals surface area contributed by atoms with Crippen LogP contribution in [0.1, 0.15) is 9.88 Å². The molecule has 0 radical (unpaired) electrons. The summed E-state index contributed by atoms with van der Waals surface area (Å²) in [4.78, 5) is 2.91. The predicted octanol–water partition coefficient (Wildman–Crippen LogP) is 3.06. The monoisotopic (exact) mass is 245 g/mol. The summed E-state index contributed by atoms with van der Waals surface area (Å²) in [6, 6.07) is 0. The molecule has 11 heavy (non-hydrogen) atoms. The molecular formula is C5H3BrF3NS. The van der Waals surface area contributed by atoms with Gasteiger partial charge < -0.3 is 0 Å². The summed E-state index contributed by atoms with van der Waals surface area (Å²) in [5.74, 6) is 0. The van der Waals surface area contributed by atoms with E-state index in [1.165, 1.54) is 0 Å². The van der Waals surface area contributed by atoms with Crippen LogP contribution in [-0.2, 0) is 11.5 Å². The van der Waals surface area contributed by atoms with Crippen molar-refractivity contribution in [3.8, 4) is 0 Å². The molecule has 1 aromatic rings. The number of hydrogen-bond acceptors (Lipinski definition) is 2. The van der Waals surface area contributed by atoms with Crippen LogP contribution in [0.3, 0.4) is 0 Å². The van der Waals surface area contributed by atoms with E-state index >= 15 is 0 Å². The van der Waals surface area contributed by atoms with E-state index in [1.807, 2.05) is 0 Å². The van der Waals surface area contributed by atoms with Gasteiger partial charge >= 0.3 is 6.18 Å². The van der Waals surface area contributed by atoms with Gasteiger partial charge in [-0.05, 0) is 0 Å². The van der Waals surface area contributed by atoms with Crippen molar-refractivity contribution in [3.05, 3.63) is 16.1 Å². The van der Waals surface area contributed by atoms with Gasteiger partial charge in [-0.15, -0.1) is 11.3 Å². The van der Waals surface area contributed by atoms with Gasteiger partial charge in [-0.3, -0.25) is 0 Å². The molecule has 0 amide bonds. The molecule has 0 saturated carbocycles. The molecule has 0 aliphatic carbocycles. The fraction of sp³-hybridized carbons (Fsp3) is 0.400. The van der Waals surface area contributed by atoms with E-state index in [9.17, 15) is 13.2 Å². The number of alkyl halides is 4. The van der Waals surface area contributed by atoms with E-state index < -0.39 is 11.1 Å². The molecule has 0 bridgehead atoms. The molecule has 6 heteroatoms. The highest BCUT2D eigenvalue weighted by Gasteiger charge is 2.32. The Morgan fingerprint density at radius 2 is 2.18 bits per heavy atom. The Labute approximate surface area is 73.4 Å². The molecule has 0 aromatic carbocycles. The van der Waals surface area contributed by atoms with Crippen LogP contribution in [0.2, 0.25) is 0 Å². The van der Waals surface area contributed by atoms with Crippen LogP contribution >= 0.6 is 27.3 Å². The lowest BCUT2D eigenvalue weighted by molar-refractivity contribution is -0.134. The Hall–Kier alpha value is -0.100. The molecule has 0 aliphatic heterocycles. The van der Waals surface area contributed by atoms with Crippen molar-refractivity contribution >= 4 is 27.3 Å². The average Bonchev–Trinajstić information content (AvgIpc) is 2.32. The Kier molecular flexibility index (Phi) is 2.54. The molecule has 0 aliphatic rings. The Morgan fingerprint density at radius 1 is 1.55 bits per heavy atom. The van der Waals surface area contributed by atoms with Crippen molar-refractivity contribution in [2.75, 3.05) is 0 Å². The minimum Gasteiger partial charge on any atom is -0.248 e. The summed E-state index contributed by atoms with van der Waals surface area (Å²) in [5.41, 5.74) is 0. The number of thiazole rings is 1. The third kappa shape index (κ3) is 2.16. The molecule has 0 unspecified atom stereocenters. The summed E-state index contributed by atoms with van der Waals surface area (Å²) in [5, 5.41) is 0.811. The van der Waals surface area contributed by atoms with Gasteiger partial charge in [0.15, 0.2) is 0 Å². The molecule has 0 fully saturated rings. The highest BCUT2D eigenvalue weighted by molar-refractivity contribution is 9.08. The van der Waals surface area contributed by atoms with Gasteiger partial charge in [0.05, 0.1) is 11.5 Å². The number of halogens is 4. The first-order chi connectivity index (χ1) is 5.04. The molecule has 0 spiro atoms. The molecule has 62 valence electrons. The molecular weight excluding hydrogens is 243 g/mol. The second-order valence-corrected chi connectivity index (χ2v) is 3.43. The topological polar surface area (TPSA) is 12.9 Å². The van der Waals surface area contributed by atoms with Crippen LogP contribution in [0.25, 0.3) is 0 Å². The summed E-state index contributed by atoms with van der Waals surface area (Å²) >= 11 is 3.67. The standard InChI is InChI=1S/C5H3BrF3NS/c6-1-4-10-2-3(11-4)5(7,8)9/h2H,1H2. The lowest BCUT2D eigenvalue weighted by Crippen LogP contribution is -2.00. The second kappa shape index (κ2) is 3.10. The zero-order valence-electron chi connectivity index (χ0n) is 5.15. The first kappa shape index (κ1) is 8.99. The van der Waals surface area contributed by atoms with Crippen LogP contribution in [0.5, 0.6) is 0 Å². The van der Waals surface area contributed by atoms with Crippen LogP contribution in [0.4, 0.5) is 13.2 Å². The smallest absolute Gasteiger partial charge is 0.248 e. The lowest BCUT2D eigenvalue weighted by Gasteiger charge is -1.98. The van der Waals surface area contributed by atoms with E-state index in [2.05, 4.69) is 20.9 Å². The minimum absolute atomic E-state index is 0.369. The highest BCUT2D eigenvalue weighted by atomic mass is 79.9. The summed E-state index contributed by atoms with van der Waals surface area (Å²) in [6.07, 6.45) is -3.40. The minimum atomic E-state index is -4.25. The highest BCUT2D eigenvalue weighted by Crippen LogP contribution is 2.33. The molecule has 1 nitrogen and oxygen atoms in total. The number of hydrogen-bond donors (Lipinski definition) is 0. The van der Waals surface area contributed by atoms with Crippen molar-refractivity contribution in [1.82, 2.24) is 4.98 Å². The summed E-state index contributed by atoms with van der Waals surface area (Å²) < 4.78 is 35.7. The van der Waals surface area contributed by atoms with E-state index in [0.29, 0.717) is 21.7 Å². The first-order valence-electron chi connectivity index (χ1n) is 2.62. The van der Waals surface area contributed by atoms with Crippen LogP contribution in [-0.4, -0.2) is 4.98 Å². The largest absolute Gasteiger partial charge is 0.427 e. The molecule has 0 saturated heterocycles. The van der Waals surface area contributed by atoms with Crippen molar-refractivity contribution < 1.29 is 13.2 Å². The summed E-state index contributed by atoms with van der Waals surface area (Å²) in [6.45, 7) is 0. The van der Waals surface area contributed by atoms with E-state index in [4.69, 9.17) is 0 Å². The number of rotatable bonds is 1. The fourth-order valence-electron chi connectivity index (χ4n) is 0.503. The van der Waals surface area contributed by atoms with Crippen molar-refractivity contribution in [2.45, 2.75) is 11.5 Å². The SMILES string of the molecule is FC(F)(F)c1cnc(CBr)s1. The third-order valence-corrected chi connectivity index (χ3v) is 2.89. The zero-order chi connectivity index (χ0) is 8.48. The van der Waals surface area contributed by atoms with Gasteiger partial charge in [-0.1, -0.05) is 15.9 Å². The zero-order valence-corrected chi connectivity index (χ0v) is 7.55. The third-order valence-electron chi connectivity index (χ3n) is 0.947. The first-order valence-corrected chi connectivity index (χ1v) is 4.55. The van der Waals surface area contributed by atoms with Gasteiger partial charge in [0.1, 0.15) is 9.88 Å². The van der Waals surface area contributed by atoms with Crippen LogP contribution in [0.15, 0.2) is 6.20 Å². The molecule has 1 heterocycles. The fourth-order valence-corrected chi connectivity index (χ4v) is 1.63. The van der Waals surface area contributed by atoms with Gasteiger partial charge in [0.25, 0.3) is 0 Å². The van der Waals surface area contributed by atoms with Gasteiger partial charge in [-0.2, -0.15) is 13.2 Å². The predicted molar refractivity (Wildman–Crippen MR) is 39.7 cm³/mol. The number of nitrogens with zero attached hydrogens (tertiary/aromatic N) is 1. The van der Waals surface area contributed by atoms with E-state index in [-0.39, 0.29) is 0 Å². The van der Waals surface area contributed by atoms with Crippen LogP contribution in [0, 0.1) is 0 Å².